The van der Waals surface area contributed by atoms with Crippen LogP contribution in [0.15, 0.2) is 105 Å². The molecular formula is C33H38N5S2+. The molecule has 4 heterocycles. The van der Waals surface area contributed by atoms with E-state index in [0.29, 0.717) is 0 Å². The Hall–Kier alpha value is -3.00. The lowest BCUT2D eigenvalue weighted by Gasteiger charge is -2.38. The highest BCUT2D eigenvalue weighted by molar-refractivity contribution is 8.00. The van der Waals surface area contributed by atoms with Crippen LogP contribution in [-0.2, 0) is 0 Å². The topological polar surface area (TPSA) is 32.3 Å². The minimum absolute atomic E-state index is 0.905. The van der Waals surface area contributed by atoms with E-state index in [1.54, 1.807) is 0 Å². The quantitative estimate of drug-likeness (QED) is 0.217. The molecule has 0 atom stereocenters. The van der Waals surface area contributed by atoms with E-state index in [4.69, 9.17) is 9.97 Å². The molecule has 2 aromatic carbocycles. The number of benzene rings is 2. The monoisotopic (exact) mass is 568 g/mol. The van der Waals surface area contributed by atoms with Crippen LogP contribution in [0, 0.1) is 0 Å². The molecule has 0 radical (unpaired) electrons. The van der Waals surface area contributed by atoms with E-state index in [1.165, 1.54) is 63.1 Å². The summed E-state index contributed by atoms with van der Waals surface area (Å²) in [6.45, 7) is 3.84. The van der Waals surface area contributed by atoms with Crippen LogP contribution < -0.4 is 9.80 Å². The van der Waals surface area contributed by atoms with Crippen molar-refractivity contribution in [2.45, 2.75) is 51.7 Å². The molecule has 0 unspecified atom stereocenters. The summed E-state index contributed by atoms with van der Waals surface area (Å²) in [5.41, 5.74) is 2.51. The summed E-state index contributed by atoms with van der Waals surface area (Å²) in [5, 5.41) is 0. The molecule has 1 fully saturated rings. The molecular weight excluding hydrogens is 531 g/mol. The fourth-order valence-corrected chi connectivity index (χ4v) is 7.65. The van der Waals surface area contributed by atoms with Gasteiger partial charge in [0.05, 0.1) is 61.4 Å². The molecule has 0 N–H and O–H groups in total. The van der Waals surface area contributed by atoms with E-state index in [1.807, 2.05) is 48.1 Å². The summed E-state index contributed by atoms with van der Waals surface area (Å²) in [6.07, 6.45) is 11.3. The zero-order valence-corrected chi connectivity index (χ0v) is 25.1. The van der Waals surface area contributed by atoms with E-state index in [2.05, 4.69) is 84.6 Å². The van der Waals surface area contributed by atoms with E-state index in [0.717, 1.165) is 42.3 Å². The zero-order chi connectivity index (χ0) is 27.4. The molecule has 0 amide bonds. The molecule has 206 valence electrons. The smallest absolute Gasteiger partial charge is 0.147 e. The Morgan fingerprint density at radius 1 is 0.575 bits per heavy atom. The molecule has 5 nitrogen and oxygen atoms in total. The van der Waals surface area contributed by atoms with Crippen LogP contribution in [0.25, 0.3) is 0 Å². The summed E-state index contributed by atoms with van der Waals surface area (Å²) in [6, 6.07) is 25.7. The molecule has 0 spiro atoms. The Balaban J connectivity index is 0.000000523. The van der Waals surface area contributed by atoms with Crippen molar-refractivity contribution in [2.24, 2.45) is 0 Å². The first-order valence-corrected chi connectivity index (χ1v) is 16.0. The average molecular weight is 569 g/mol. The van der Waals surface area contributed by atoms with Gasteiger partial charge in [-0.15, -0.1) is 0 Å². The van der Waals surface area contributed by atoms with E-state index < -0.39 is 0 Å². The van der Waals surface area contributed by atoms with Gasteiger partial charge >= 0.3 is 0 Å². The summed E-state index contributed by atoms with van der Waals surface area (Å²) in [5.74, 6) is 2.13. The summed E-state index contributed by atoms with van der Waals surface area (Å²) in [4.78, 5) is 19.3. The number of pyridine rings is 2. The van der Waals surface area contributed by atoms with Gasteiger partial charge in [-0.3, -0.25) is 0 Å². The van der Waals surface area contributed by atoms with Gasteiger partial charge < -0.3 is 14.3 Å². The van der Waals surface area contributed by atoms with Gasteiger partial charge in [0.1, 0.15) is 11.6 Å². The number of para-hydroxylation sites is 2. The number of hydrogen-bond acceptors (Lipinski definition) is 6. The van der Waals surface area contributed by atoms with Gasteiger partial charge in [-0.2, -0.15) is 0 Å². The van der Waals surface area contributed by atoms with Gasteiger partial charge in [0.25, 0.3) is 0 Å². The van der Waals surface area contributed by atoms with Crippen LogP contribution in [0.2, 0.25) is 0 Å². The number of quaternary nitrogens is 1. The highest BCUT2D eigenvalue weighted by atomic mass is 32.2. The number of likely N-dealkylation sites (N-methyl/N-ethyl adjacent to an activating group) is 1. The van der Waals surface area contributed by atoms with Crippen LogP contribution in [-0.4, -0.2) is 54.7 Å². The van der Waals surface area contributed by atoms with Gasteiger partial charge in [0.2, 0.25) is 0 Å². The van der Waals surface area contributed by atoms with Gasteiger partial charge in [-0.25, -0.2) is 9.97 Å². The largest absolute Gasteiger partial charge is 0.326 e. The maximum Gasteiger partial charge on any atom is 0.147 e. The third-order valence-electron chi connectivity index (χ3n) is 7.87. The predicted molar refractivity (Wildman–Crippen MR) is 169 cm³/mol. The molecule has 0 bridgehead atoms. The number of anilines is 4. The van der Waals surface area contributed by atoms with Crippen LogP contribution in [0.5, 0.6) is 0 Å². The van der Waals surface area contributed by atoms with Gasteiger partial charge in [0.15, 0.2) is 0 Å². The zero-order valence-electron chi connectivity index (χ0n) is 23.5. The summed E-state index contributed by atoms with van der Waals surface area (Å²) >= 11 is 3.62. The van der Waals surface area contributed by atoms with Gasteiger partial charge in [-0.05, 0) is 48.5 Å². The fourth-order valence-electron chi connectivity index (χ4n) is 5.52. The Labute approximate surface area is 247 Å². The SMILES string of the molecule is C1CCCC1.C[N+](C)(CCN1c2ccccc2Sc2cccnc21)CCN1c2ccccc2Sc2cccnc21. The second-order valence-electron chi connectivity index (χ2n) is 11.2. The van der Waals surface area contributed by atoms with Crippen LogP contribution in [0.1, 0.15) is 32.1 Å². The second-order valence-corrected chi connectivity index (χ2v) is 13.4. The number of fused-ring (bicyclic) bond motifs is 4. The van der Waals surface area contributed by atoms with Crippen LogP contribution in [0.3, 0.4) is 0 Å². The minimum Gasteiger partial charge on any atom is -0.326 e. The van der Waals surface area contributed by atoms with Gasteiger partial charge in [0, 0.05) is 22.2 Å². The molecule has 4 aromatic rings. The normalized spacial score (nSPS) is 15.3. The minimum atomic E-state index is 0.905. The standard InChI is InChI=1S/C28H28N5S2.C5H10/c1-33(2,19-17-31-21-9-3-5-11-23(21)34-25-13-7-15-29-27(25)31)20-18-32-22-10-4-6-12-24(22)35-26-14-8-16-30-28(26)32;1-2-4-5-3-1/h3-16H,17-20H2,1-2H3;1-5H2/q+1;. The molecule has 1 saturated carbocycles. The van der Waals surface area contributed by atoms with Gasteiger partial charge in [-0.1, -0.05) is 79.9 Å². The average Bonchev–Trinajstić information content (AvgIpc) is 3.58. The van der Waals surface area contributed by atoms with Crippen molar-refractivity contribution in [3.8, 4) is 0 Å². The number of aromatic nitrogens is 2. The lowest BCUT2D eigenvalue weighted by atomic mass is 10.2. The summed E-state index contributed by atoms with van der Waals surface area (Å²) < 4.78 is 0.905. The predicted octanol–water partition coefficient (Wildman–Crippen LogP) is 8.41. The number of hydrogen-bond donors (Lipinski definition) is 0. The van der Waals surface area contributed by atoms with Crippen molar-refractivity contribution in [1.29, 1.82) is 0 Å². The highest BCUT2D eigenvalue weighted by Gasteiger charge is 2.29. The lowest BCUT2D eigenvalue weighted by Crippen LogP contribution is -2.48. The molecule has 2 aliphatic heterocycles. The van der Waals surface area contributed by atoms with Crippen molar-refractivity contribution >= 4 is 46.5 Å². The number of nitrogens with zero attached hydrogens (tertiary/aromatic N) is 5. The maximum absolute atomic E-state index is 4.75. The Morgan fingerprint density at radius 2 is 0.975 bits per heavy atom. The molecule has 0 saturated heterocycles. The molecule has 7 rings (SSSR count). The molecule has 40 heavy (non-hydrogen) atoms. The highest BCUT2D eigenvalue weighted by Crippen LogP contribution is 2.48. The Kier molecular flexibility index (Phi) is 8.32. The van der Waals surface area contributed by atoms with E-state index in [-0.39, 0.29) is 0 Å². The Bertz CT molecular complexity index is 1250. The van der Waals surface area contributed by atoms with Crippen LogP contribution >= 0.6 is 23.5 Å². The summed E-state index contributed by atoms with van der Waals surface area (Å²) in [7, 11) is 4.65. The Morgan fingerprint density at radius 3 is 1.43 bits per heavy atom. The second kappa shape index (κ2) is 12.2. The first-order valence-electron chi connectivity index (χ1n) is 14.4. The van der Waals surface area contributed by atoms with Crippen LogP contribution in [0.4, 0.5) is 23.0 Å². The number of rotatable bonds is 6. The molecule has 7 heteroatoms. The molecule has 2 aromatic heterocycles. The van der Waals surface area contributed by atoms with Crippen molar-refractivity contribution in [2.75, 3.05) is 50.1 Å². The van der Waals surface area contributed by atoms with E-state index >= 15 is 0 Å². The van der Waals surface area contributed by atoms with Crippen molar-refractivity contribution in [3.63, 3.8) is 0 Å². The van der Waals surface area contributed by atoms with Crippen molar-refractivity contribution < 1.29 is 4.48 Å². The lowest BCUT2D eigenvalue weighted by molar-refractivity contribution is -0.887. The first kappa shape index (κ1) is 27.2. The molecule has 1 aliphatic carbocycles. The molecule has 3 aliphatic rings. The third kappa shape index (κ3) is 6.02. The van der Waals surface area contributed by atoms with E-state index in [9.17, 15) is 0 Å². The third-order valence-corrected chi connectivity index (χ3v) is 10.1. The van der Waals surface area contributed by atoms with Crippen molar-refractivity contribution in [1.82, 2.24) is 9.97 Å². The fraction of sp³-hybridized carbons (Fsp3) is 0.333. The maximum atomic E-state index is 4.75. The first-order chi connectivity index (χ1) is 19.6. The van der Waals surface area contributed by atoms with Crippen molar-refractivity contribution in [3.05, 3.63) is 85.2 Å².